The molecule has 7 nitrogen and oxygen atoms in total. The molecule has 0 aliphatic carbocycles. The van der Waals surface area contributed by atoms with Gasteiger partial charge in [-0.05, 0) is 6.07 Å². The molecule has 1 aromatic heterocycles. The molecule has 7 heteroatoms. The van der Waals surface area contributed by atoms with Crippen LogP contribution in [0.5, 0.6) is 0 Å². The normalized spacial score (nSPS) is 11.7. The zero-order valence-corrected chi connectivity index (χ0v) is 10.5. The van der Waals surface area contributed by atoms with Gasteiger partial charge >= 0.3 is 5.97 Å². The third-order valence-corrected chi connectivity index (χ3v) is 2.49. The van der Waals surface area contributed by atoms with Crippen LogP contribution in [-0.2, 0) is 9.53 Å². The maximum Gasteiger partial charge on any atom is 0.310 e. The second kappa shape index (κ2) is 5.95. The number of esters is 1. The number of carbonyl (C=O) groups is 1. The van der Waals surface area contributed by atoms with Crippen molar-refractivity contribution in [2.24, 2.45) is 5.92 Å². The fourth-order valence-corrected chi connectivity index (χ4v) is 1.49. The molecule has 0 aromatic carbocycles. The molecule has 18 heavy (non-hydrogen) atoms. The van der Waals surface area contributed by atoms with Crippen molar-refractivity contribution in [3.63, 3.8) is 0 Å². The first-order valence-electron chi connectivity index (χ1n) is 5.35. The lowest BCUT2D eigenvalue weighted by molar-refractivity contribution is -0.385. The van der Waals surface area contributed by atoms with Gasteiger partial charge in [-0.25, -0.2) is 4.98 Å². The minimum absolute atomic E-state index is 0.0619. The van der Waals surface area contributed by atoms with Gasteiger partial charge in [0.05, 0.1) is 18.0 Å². The molecule has 1 aromatic rings. The first kappa shape index (κ1) is 13.9. The molecule has 0 radical (unpaired) electrons. The summed E-state index contributed by atoms with van der Waals surface area (Å²) in [7, 11) is 3.09. The van der Waals surface area contributed by atoms with Gasteiger partial charge in [0.15, 0.2) is 0 Å². The second-order valence-corrected chi connectivity index (χ2v) is 3.94. The summed E-state index contributed by atoms with van der Waals surface area (Å²) in [6.45, 7) is 2.17. The molecule has 1 atom stereocenters. The summed E-state index contributed by atoms with van der Waals surface area (Å²) < 4.78 is 4.62. The van der Waals surface area contributed by atoms with E-state index in [1.54, 1.807) is 24.9 Å². The van der Waals surface area contributed by atoms with Crippen molar-refractivity contribution in [2.45, 2.75) is 6.92 Å². The number of carbonyl (C=O) groups excluding carboxylic acids is 1. The SMILES string of the molecule is COC(=O)C(C)CN(C)c1ccc([N+](=O)[O-])cn1. The van der Waals surface area contributed by atoms with Gasteiger partial charge in [-0.1, -0.05) is 6.92 Å². The average molecular weight is 253 g/mol. The van der Waals surface area contributed by atoms with Crippen LogP contribution in [0.3, 0.4) is 0 Å². The van der Waals surface area contributed by atoms with Crippen LogP contribution >= 0.6 is 0 Å². The molecule has 1 rings (SSSR count). The Hall–Kier alpha value is -2.18. The van der Waals surface area contributed by atoms with Crippen LogP contribution in [0.15, 0.2) is 18.3 Å². The third-order valence-electron chi connectivity index (χ3n) is 2.49. The molecular formula is C11H15N3O4. The van der Waals surface area contributed by atoms with Gasteiger partial charge in [-0.3, -0.25) is 14.9 Å². The molecule has 98 valence electrons. The molecule has 0 saturated carbocycles. The number of nitrogens with zero attached hydrogens (tertiary/aromatic N) is 3. The van der Waals surface area contributed by atoms with Crippen molar-refractivity contribution < 1.29 is 14.5 Å². The summed E-state index contributed by atoms with van der Waals surface area (Å²) in [4.78, 5) is 26.9. The highest BCUT2D eigenvalue weighted by Gasteiger charge is 2.16. The predicted octanol–water partition coefficient (Wildman–Crippen LogP) is 1.24. The number of ether oxygens (including phenoxy) is 1. The average Bonchev–Trinajstić information content (AvgIpc) is 2.37. The van der Waals surface area contributed by atoms with Crippen LogP contribution < -0.4 is 4.90 Å². The zero-order valence-electron chi connectivity index (χ0n) is 10.5. The highest BCUT2D eigenvalue weighted by atomic mass is 16.6. The number of pyridine rings is 1. The minimum Gasteiger partial charge on any atom is -0.469 e. The van der Waals surface area contributed by atoms with Crippen LogP contribution in [0.1, 0.15) is 6.92 Å². The van der Waals surface area contributed by atoms with Gasteiger partial charge in [-0.15, -0.1) is 0 Å². The van der Waals surface area contributed by atoms with E-state index in [0.29, 0.717) is 12.4 Å². The van der Waals surface area contributed by atoms with Gasteiger partial charge in [0.25, 0.3) is 5.69 Å². The van der Waals surface area contributed by atoms with Crippen molar-refractivity contribution in [1.82, 2.24) is 4.98 Å². The van der Waals surface area contributed by atoms with Gasteiger partial charge < -0.3 is 9.64 Å². The molecular weight excluding hydrogens is 238 g/mol. The fourth-order valence-electron chi connectivity index (χ4n) is 1.49. The van der Waals surface area contributed by atoms with Gasteiger partial charge in [-0.2, -0.15) is 0 Å². The van der Waals surface area contributed by atoms with E-state index in [1.165, 1.54) is 19.4 Å². The van der Waals surface area contributed by atoms with E-state index in [-0.39, 0.29) is 17.6 Å². The van der Waals surface area contributed by atoms with Gasteiger partial charge in [0, 0.05) is 19.7 Å². The van der Waals surface area contributed by atoms with Crippen molar-refractivity contribution in [3.05, 3.63) is 28.4 Å². The number of methoxy groups -OCH3 is 1. The molecule has 0 bridgehead atoms. The maximum atomic E-state index is 11.3. The lowest BCUT2D eigenvalue weighted by Crippen LogP contribution is -2.29. The number of aromatic nitrogens is 1. The largest absolute Gasteiger partial charge is 0.469 e. The molecule has 1 heterocycles. The Bertz CT molecular complexity index is 432. The summed E-state index contributed by atoms with van der Waals surface area (Å²) in [5, 5.41) is 10.5. The predicted molar refractivity (Wildman–Crippen MR) is 65.3 cm³/mol. The molecule has 0 fully saturated rings. The minimum atomic E-state index is -0.506. The van der Waals surface area contributed by atoms with Crippen molar-refractivity contribution in [1.29, 1.82) is 0 Å². The Labute approximate surface area is 105 Å². The Kier molecular flexibility index (Phi) is 4.59. The smallest absolute Gasteiger partial charge is 0.310 e. The summed E-state index contributed by atoms with van der Waals surface area (Å²) in [5.41, 5.74) is -0.0619. The number of rotatable bonds is 5. The van der Waals surface area contributed by atoms with E-state index < -0.39 is 4.92 Å². The van der Waals surface area contributed by atoms with E-state index in [0.717, 1.165) is 0 Å². The number of nitro groups is 1. The topological polar surface area (TPSA) is 85.6 Å². The lowest BCUT2D eigenvalue weighted by atomic mass is 10.2. The molecule has 0 N–H and O–H groups in total. The highest BCUT2D eigenvalue weighted by molar-refractivity contribution is 5.72. The monoisotopic (exact) mass is 253 g/mol. The number of hydrogen-bond donors (Lipinski definition) is 0. The quantitative estimate of drug-likeness (QED) is 0.445. The van der Waals surface area contributed by atoms with Crippen LogP contribution in [0, 0.1) is 16.0 Å². The van der Waals surface area contributed by atoms with E-state index in [4.69, 9.17) is 0 Å². The van der Waals surface area contributed by atoms with Crippen molar-refractivity contribution in [3.8, 4) is 0 Å². The van der Waals surface area contributed by atoms with Gasteiger partial charge in [0.1, 0.15) is 12.0 Å². The standard InChI is InChI=1S/C11H15N3O4/c1-8(11(15)18-3)7-13(2)10-5-4-9(6-12-10)14(16)17/h4-6,8H,7H2,1-3H3. The van der Waals surface area contributed by atoms with Crippen molar-refractivity contribution >= 4 is 17.5 Å². The number of hydrogen-bond acceptors (Lipinski definition) is 6. The molecule has 0 saturated heterocycles. The van der Waals surface area contributed by atoms with E-state index >= 15 is 0 Å². The van der Waals surface area contributed by atoms with Crippen LogP contribution in [0.2, 0.25) is 0 Å². The second-order valence-electron chi connectivity index (χ2n) is 3.94. The molecule has 0 amide bonds. The fraction of sp³-hybridized carbons (Fsp3) is 0.455. The van der Waals surface area contributed by atoms with Crippen LogP contribution in [0.4, 0.5) is 11.5 Å². The molecule has 1 unspecified atom stereocenters. The molecule has 0 aliphatic heterocycles. The Morgan fingerprint density at radius 3 is 2.72 bits per heavy atom. The Morgan fingerprint density at radius 1 is 1.61 bits per heavy atom. The van der Waals surface area contributed by atoms with Crippen LogP contribution in [-0.4, -0.2) is 36.6 Å². The molecule has 0 aliphatic rings. The zero-order chi connectivity index (χ0) is 13.7. The van der Waals surface area contributed by atoms with E-state index in [1.807, 2.05) is 0 Å². The summed E-state index contributed by atoms with van der Waals surface area (Å²) in [6.07, 6.45) is 1.19. The Morgan fingerprint density at radius 2 is 2.28 bits per heavy atom. The lowest BCUT2D eigenvalue weighted by Gasteiger charge is -2.20. The number of anilines is 1. The molecule has 0 spiro atoms. The summed E-state index contributed by atoms with van der Waals surface area (Å²) >= 11 is 0. The van der Waals surface area contributed by atoms with Gasteiger partial charge in [0.2, 0.25) is 0 Å². The van der Waals surface area contributed by atoms with E-state index in [2.05, 4.69) is 9.72 Å². The maximum absolute atomic E-state index is 11.3. The first-order valence-corrected chi connectivity index (χ1v) is 5.35. The van der Waals surface area contributed by atoms with E-state index in [9.17, 15) is 14.9 Å². The van der Waals surface area contributed by atoms with Crippen LogP contribution in [0.25, 0.3) is 0 Å². The third kappa shape index (κ3) is 3.41. The Balaban J connectivity index is 2.69. The highest BCUT2D eigenvalue weighted by Crippen LogP contribution is 2.15. The van der Waals surface area contributed by atoms with Crippen molar-refractivity contribution in [2.75, 3.05) is 25.6 Å². The first-order chi connectivity index (χ1) is 8.45. The summed E-state index contributed by atoms with van der Waals surface area (Å²) in [5.74, 6) is -0.0305. The summed E-state index contributed by atoms with van der Waals surface area (Å²) in [6, 6.07) is 2.92.